The molecule has 0 heterocycles. The van der Waals surface area contributed by atoms with Crippen LogP contribution in [-0.4, -0.2) is 31.8 Å². The van der Waals surface area contributed by atoms with Crippen LogP contribution in [0.5, 0.6) is 0 Å². The maximum Gasteiger partial charge on any atom is 0.254 e. The summed E-state index contributed by atoms with van der Waals surface area (Å²) >= 11 is 0. The second-order valence-corrected chi connectivity index (χ2v) is 6.47. The van der Waals surface area contributed by atoms with Gasteiger partial charge in [-0.25, -0.2) is 17.9 Å². The molecule has 20 heavy (non-hydrogen) atoms. The first-order valence-electron chi connectivity index (χ1n) is 6.39. The first-order chi connectivity index (χ1) is 9.25. The van der Waals surface area contributed by atoms with Crippen molar-refractivity contribution >= 4 is 15.9 Å². The van der Waals surface area contributed by atoms with E-state index in [1.807, 2.05) is 6.92 Å². The molecule has 0 bridgehead atoms. The molecular weight excluding hydrogens is 283 g/mol. The second-order valence-electron chi connectivity index (χ2n) is 4.94. The maximum atomic E-state index is 13.6. The van der Waals surface area contributed by atoms with Gasteiger partial charge in [-0.1, -0.05) is 0 Å². The monoisotopic (exact) mass is 300 g/mol. The summed E-state index contributed by atoms with van der Waals surface area (Å²) < 4.78 is 36.5. The summed E-state index contributed by atoms with van der Waals surface area (Å²) in [7, 11) is -4.06. The number of amides is 1. The lowest BCUT2D eigenvalue weighted by Gasteiger charge is -2.22. The van der Waals surface area contributed by atoms with Crippen LogP contribution in [0, 0.1) is 12.7 Å². The number of carbonyl (C=O) groups is 1. The fourth-order valence-electron chi connectivity index (χ4n) is 2.28. The summed E-state index contributed by atoms with van der Waals surface area (Å²) in [6.45, 7) is 3.81. The van der Waals surface area contributed by atoms with Gasteiger partial charge < -0.3 is 4.90 Å². The molecule has 1 amide bonds. The number of carbonyl (C=O) groups excluding carboxylic acids is 1. The van der Waals surface area contributed by atoms with E-state index < -0.39 is 15.8 Å². The number of nitrogens with zero attached hydrogens (tertiary/aromatic N) is 1. The average Bonchev–Trinajstić information content (AvgIpc) is 3.15. The molecule has 0 unspecified atom stereocenters. The molecule has 0 saturated heterocycles. The molecular formula is C13H17FN2O3S. The van der Waals surface area contributed by atoms with Gasteiger partial charge in [0.25, 0.3) is 5.91 Å². The Bertz CT molecular complexity index is 654. The third kappa shape index (κ3) is 2.83. The van der Waals surface area contributed by atoms with Gasteiger partial charge in [-0.3, -0.25) is 4.79 Å². The number of primary sulfonamides is 1. The summed E-state index contributed by atoms with van der Waals surface area (Å²) in [6, 6.07) is 2.08. The topological polar surface area (TPSA) is 80.5 Å². The molecule has 0 radical (unpaired) electrons. The summed E-state index contributed by atoms with van der Waals surface area (Å²) in [5, 5.41) is 5.06. The fraction of sp³-hybridized carbons (Fsp3) is 0.462. The number of rotatable bonds is 4. The second kappa shape index (κ2) is 5.14. The highest BCUT2D eigenvalue weighted by Gasteiger charge is 2.33. The fourth-order valence-corrected chi connectivity index (χ4v) is 3.09. The number of hydrogen-bond acceptors (Lipinski definition) is 3. The smallest absolute Gasteiger partial charge is 0.254 e. The van der Waals surface area contributed by atoms with Gasteiger partial charge in [0.2, 0.25) is 10.0 Å². The molecule has 0 atom stereocenters. The van der Waals surface area contributed by atoms with Gasteiger partial charge in [0, 0.05) is 18.2 Å². The number of benzene rings is 1. The van der Waals surface area contributed by atoms with Crippen LogP contribution in [0.3, 0.4) is 0 Å². The predicted octanol–water partition coefficient (Wildman–Crippen LogP) is 1.41. The van der Waals surface area contributed by atoms with Crippen molar-refractivity contribution in [3.63, 3.8) is 0 Å². The third-order valence-electron chi connectivity index (χ3n) is 3.45. The van der Waals surface area contributed by atoms with E-state index in [9.17, 15) is 17.6 Å². The van der Waals surface area contributed by atoms with E-state index in [0.29, 0.717) is 6.54 Å². The van der Waals surface area contributed by atoms with Crippen molar-refractivity contribution in [3.8, 4) is 0 Å². The van der Waals surface area contributed by atoms with E-state index in [4.69, 9.17) is 5.14 Å². The van der Waals surface area contributed by atoms with E-state index in [1.165, 1.54) is 6.92 Å². The van der Waals surface area contributed by atoms with Crippen molar-refractivity contribution < 1.29 is 17.6 Å². The Balaban J connectivity index is 2.51. The van der Waals surface area contributed by atoms with Crippen molar-refractivity contribution in [2.75, 3.05) is 6.54 Å². The Hall–Kier alpha value is -1.47. The molecule has 0 aromatic heterocycles. The maximum absolute atomic E-state index is 13.6. The first kappa shape index (κ1) is 14.9. The van der Waals surface area contributed by atoms with Crippen LogP contribution < -0.4 is 5.14 Å². The highest BCUT2D eigenvalue weighted by atomic mass is 32.2. The molecule has 1 fully saturated rings. The van der Waals surface area contributed by atoms with Crippen LogP contribution in [0.15, 0.2) is 17.0 Å². The summed E-state index contributed by atoms with van der Waals surface area (Å²) in [6.07, 6.45) is 1.85. The van der Waals surface area contributed by atoms with Crippen LogP contribution >= 0.6 is 0 Å². The van der Waals surface area contributed by atoms with Gasteiger partial charge in [0.05, 0.1) is 4.90 Å². The summed E-state index contributed by atoms with van der Waals surface area (Å²) in [4.78, 5) is 13.7. The van der Waals surface area contributed by atoms with Crippen molar-refractivity contribution in [1.29, 1.82) is 0 Å². The van der Waals surface area contributed by atoms with Gasteiger partial charge in [0.15, 0.2) is 0 Å². The number of hydrogen-bond donors (Lipinski definition) is 1. The SMILES string of the molecule is CCN(C(=O)c1cc(F)cc(S(N)(=O)=O)c1C)C1CC1. The molecule has 2 N–H and O–H groups in total. The van der Waals surface area contributed by atoms with Crippen LogP contribution in [-0.2, 0) is 10.0 Å². The Kier molecular flexibility index (Phi) is 3.84. The number of nitrogens with two attached hydrogens (primary N) is 1. The number of halogens is 1. The van der Waals surface area contributed by atoms with E-state index in [0.717, 1.165) is 25.0 Å². The Morgan fingerprint density at radius 3 is 2.50 bits per heavy atom. The standard InChI is InChI=1S/C13H17FN2O3S/c1-3-16(10-4-5-10)13(17)11-6-9(14)7-12(8(11)2)20(15,18)19/h6-7,10H,3-5H2,1-2H3,(H2,15,18,19). The number of sulfonamides is 1. The molecule has 110 valence electrons. The minimum atomic E-state index is -4.06. The Morgan fingerprint density at radius 1 is 1.45 bits per heavy atom. The lowest BCUT2D eigenvalue weighted by Crippen LogP contribution is -2.33. The van der Waals surface area contributed by atoms with Crippen LogP contribution in [0.2, 0.25) is 0 Å². The van der Waals surface area contributed by atoms with Crippen molar-refractivity contribution in [1.82, 2.24) is 4.90 Å². The Labute approximate surface area is 117 Å². The largest absolute Gasteiger partial charge is 0.336 e. The lowest BCUT2D eigenvalue weighted by molar-refractivity contribution is 0.0751. The zero-order valence-electron chi connectivity index (χ0n) is 11.4. The molecule has 7 heteroatoms. The van der Waals surface area contributed by atoms with E-state index in [-0.39, 0.29) is 28.0 Å². The highest BCUT2D eigenvalue weighted by molar-refractivity contribution is 7.89. The molecule has 0 aliphatic heterocycles. The highest BCUT2D eigenvalue weighted by Crippen LogP contribution is 2.29. The average molecular weight is 300 g/mol. The van der Waals surface area contributed by atoms with Crippen LogP contribution in [0.4, 0.5) is 4.39 Å². The summed E-state index contributed by atoms with van der Waals surface area (Å²) in [5.74, 6) is -1.13. The van der Waals surface area contributed by atoms with Crippen molar-refractivity contribution in [2.45, 2.75) is 37.6 Å². The molecule has 1 aromatic rings. The minimum absolute atomic E-state index is 0.0581. The lowest BCUT2D eigenvalue weighted by atomic mass is 10.1. The quantitative estimate of drug-likeness (QED) is 0.912. The minimum Gasteiger partial charge on any atom is -0.336 e. The Morgan fingerprint density at radius 2 is 2.05 bits per heavy atom. The molecule has 2 rings (SSSR count). The molecule has 1 aliphatic rings. The zero-order valence-corrected chi connectivity index (χ0v) is 12.2. The van der Waals surface area contributed by atoms with Gasteiger partial charge in [-0.15, -0.1) is 0 Å². The van der Waals surface area contributed by atoms with Gasteiger partial charge in [0.1, 0.15) is 5.82 Å². The first-order valence-corrected chi connectivity index (χ1v) is 7.94. The van der Waals surface area contributed by atoms with Gasteiger partial charge in [-0.2, -0.15) is 0 Å². The van der Waals surface area contributed by atoms with Crippen LogP contribution in [0.1, 0.15) is 35.7 Å². The van der Waals surface area contributed by atoms with E-state index in [2.05, 4.69) is 0 Å². The van der Waals surface area contributed by atoms with Gasteiger partial charge in [-0.05, 0) is 44.4 Å². The molecule has 1 saturated carbocycles. The normalized spacial score (nSPS) is 15.2. The molecule has 5 nitrogen and oxygen atoms in total. The molecule has 1 aliphatic carbocycles. The van der Waals surface area contributed by atoms with Crippen molar-refractivity contribution in [3.05, 3.63) is 29.1 Å². The molecule has 1 aromatic carbocycles. The zero-order chi connectivity index (χ0) is 15.1. The van der Waals surface area contributed by atoms with E-state index >= 15 is 0 Å². The summed E-state index contributed by atoms with van der Waals surface area (Å²) in [5.41, 5.74) is 0.251. The van der Waals surface area contributed by atoms with Crippen LogP contribution in [0.25, 0.3) is 0 Å². The van der Waals surface area contributed by atoms with Gasteiger partial charge >= 0.3 is 0 Å². The van der Waals surface area contributed by atoms with E-state index in [1.54, 1.807) is 4.90 Å². The third-order valence-corrected chi connectivity index (χ3v) is 4.49. The molecule has 0 spiro atoms. The predicted molar refractivity (Wildman–Crippen MR) is 72.2 cm³/mol. The van der Waals surface area contributed by atoms with Crippen molar-refractivity contribution in [2.24, 2.45) is 5.14 Å².